The molecule has 0 radical (unpaired) electrons. The van der Waals surface area contributed by atoms with Crippen LogP contribution in [0, 0.1) is 0 Å². The van der Waals surface area contributed by atoms with E-state index >= 15 is 0 Å². The molecule has 3 nitrogen and oxygen atoms in total. The first-order valence-electron chi connectivity index (χ1n) is 11.5. The van der Waals surface area contributed by atoms with E-state index in [0.29, 0.717) is 17.8 Å². The summed E-state index contributed by atoms with van der Waals surface area (Å²) in [5, 5.41) is 14.1. The third kappa shape index (κ3) is 4.02. The summed E-state index contributed by atoms with van der Waals surface area (Å²) in [7, 11) is 2.28. The first-order chi connectivity index (χ1) is 14.2. The molecule has 0 aromatic heterocycles. The molecule has 3 atom stereocenters. The molecule has 0 saturated carbocycles. The SMILES string of the molecule is CN1CCC[C@@]2(C)c3cc(O)ccc3C[C@@H]1[C@H]2NCCc1ccc(C(C)(C)C)cc1. The van der Waals surface area contributed by atoms with E-state index in [1.807, 2.05) is 12.1 Å². The molecule has 2 aromatic rings. The van der Waals surface area contributed by atoms with Crippen LogP contribution in [-0.4, -0.2) is 42.2 Å². The van der Waals surface area contributed by atoms with Crippen LogP contribution in [0.2, 0.25) is 0 Å². The van der Waals surface area contributed by atoms with Gasteiger partial charge in [-0.1, -0.05) is 58.0 Å². The number of phenols is 1. The van der Waals surface area contributed by atoms with Gasteiger partial charge in [-0.25, -0.2) is 0 Å². The topological polar surface area (TPSA) is 35.5 Å². The van der Waals surface area contributed by atoms with Crippen LogP contribution >= 0.6 is 0 Å². The quantitative estimate of drug-likeness (QED) is 0.766. The Kier molecular flexibility index (Phi) is 5.71. The number of fused-ring (bicyclic) bond motifs is 4. The van der Waals surface area contributed by atoms with Crippen molar-refractivity contribution in [2.75, 3.05) is 20.1 Å². The first kappa shape index (κ1) is 21.4. The van der Waals surface area contributed by atoms with E-state index < -0.39 is 0 Å². The second-order valence-corrected chi connectivity index (χ2v) is 10.7. The lowest BCUT2D eigenvalue weighted by atomic mass is 9.64. The zero-order chi connectivity index (χ0) is 21.5. The van der Waals surface area contributed by atoms with Crippen molar-refractivity contribution in [3.05, 3.63) is 64.7 Å². The monoisotopic (exact) mass is 406 g/mol. The molecule has 1 aliphatic carbocycles. The predicted molar refractivity (Wildman–Crippen MR) is 125 cm³/mol. The van der Waals surface area contributed by atoms with Crippen molar-refractivity contribution >= 4 is 0 Å². The normalized spacial score (nSPS) is 26.8. The van der Waals surface area contributed by atoms with Crippen LogP contribution in [0.5, 0.6) is 5.75 Å². The molecule has 1 saturated heterocycles. The largest absolute Gasteiger partial charge is 0.508 e. The van der Waals surface area contributed by atoms with Gasteiger partial charge in [0.1, 0.15) is 5.75 Å². The summed E-state index contributed by atoms with van der Waals surface area (Å²) in [4.78, 5) is 2.55. The molecule has 2 bridgehead atoms. The highest BCUT2D eigenvalue weighted by molar-refractivity contribution is 5.45. The summed E-state index contributed by atoms with van der Waals surface area (Å²) in [5.41, 5.74) is 5.80. The third-order valence-corrected chi connectivity index (χ3v) is 7.58. The molecule has 0 unspecified atom stereocenters. The van der Waals surface area contributed by atoms with Gasteiger partial charge in [0, 0.05) is 17.5 Å². The van der Waals surface area contributed by atoms with Gasteiger partial charge in [0.15, 0.2) is 0 Å². The Bertz CT molecular complexity index is 883. The fraction of sp³-hybridized carbons (Fsp3) is 0.556. The minimum Gasteiger partial charge on any atom is -0.508 e. The lowest BCUT2D eigenvalue weighted by molar-refractivity contribution is 0.157. The summed E-state index contributed by atoms with van der Waals surface area (Å²) in [6, 6.07) is 16.1. The van der Waals surface area contributed by atoms with Gasteiger partial charge >= 0.3 is 0 Å². The summed E-state index contributed by atoms with van der Waals surface area (Å²) in [6.45, 7) is 11.3. The number of aromatic hydroxyl groups is 1. The number of phenolic OH excluding ortho intramolecular Hbond substituents is 1. The number of hydrogen-bond donors (Lipinski definition) is 2. The van der Waals surface area contributed by atoms with Crippen LogP contribution in [0.3, 0.4) is 0 Å². The molecule has 30 heavy (non-hydrogen) atoms. The van der Waals surface area contributed by atoms with Gasteiger partial charge in [-0.15, -0.1) is 0 Å². The van der Waals surface area contributed by atoms with Crippen molar-refractivity contribution in [3.63, 3.8) is 0 Å². The zero-order valence-corrected chi connectivity index (χ0v) is 19.3. The van der Waals surface area contributed by atoms with Crippen molar-refractivity contribution < 1.29 is 5.11 Å². The van der Waals surface area contributed by atoms with E-state index in [4.69, 9.17) is 0 Å². The number of rotatable bonds is 4. The molecule has 2 aromatic carbocycles. The maximum Gasteiger partial charge on any atom is 0.115 e. The van der Waals surface area contributed by atoms with Crippen LogP contribution in [0.1, 0.15) is 62.8 Å². The maximum absolute atomic E-state index is 10.2. The fourth-order valence-corrected chi connectivity index (χ4v) is 5.68. The van der Waals surface area contributed by atoms with Gasteiger partial charge < -0.3 is 15.3 Å². The van der Waals surface area contributed by atoms with E-state index in [2.05, 4.69) is 75.3 Å². The van der Waals surface area contributed by atoms with Gasteiger partial charge in [0.2, 0.25) is 0 Å². The van der Waals surface area contributed by atoms with Crippen molar-refractivity contribution in [1.82, 2.24) is 10.2 Å². The van der Waals surface area contributed by atoms with Gasteiger partial charge in [-0.3, -0.25) is 0 Å². The van der Waals surface area contributed by atoms with E-state index in [0.717, 1.165) is 32.4 Å². The Morgan fingerprint density at radius 3 is 2.57 bits per heavy atom. The molecular formula is C27H38N2O. The van der Waals surface area contributed by atoms with Crippen molar-refractivity contribution in [1.29, 1.82) is 0 Å². The number of likely N-dealkylation sites (N-methyl/N-ethyl adjacent to an activating group) is 1. The highest BCUT2D eigenvalue weighted by Gasteiger charge is 2.47. The fourth-order valence-electron chi connectivity index (χ4n) is 5.68. The molecule has 1 heterocycles. The Balaban J connectivity index is 1.52. The summed E-state index contributed by atoms with van der Waals surface area (Å²) >= 11 is 0. The lowest BCUT2D eigenvalue weighted by Crippen LogP contribution is -2.60. The molecule has 1 fully saturated rings. The van der Waals surface area contributed by atoms with Crippen molar-refractivity contribution in [2.45, 2.75) is 76.3 Å². The molecule has 162 valence electrons. The Hall–Kier alpha value is -1.84. The van der Waals surface area contributed by atoms with E-state index in [-0.39, 0.29) is 10.8 Å². The molecule has 0 spiro atoms. The zero-order valence-electron chi connectivity index (χ0n) is 19.3. The molecule has 1 aliphatic heterocycles. The number of benzene rings is 2. The minimum absolute atomic E-state index is 0.0534. The average Bonchev–Trinajstić information content (AvgIpc) is 2.77. The average molecular weight is 407 g/mol. The van der Waals surface area contributed by atoms with Crippen LogP contribution in [0.4, 0.5) is 0 Å². The molecule has 4 rings (SSSR count). The van der Waals surface area contributed by atoms with Crippen LogP contribution < -0.4 is 5.32 Å². The lowest BCUT2D eigenvalue weighted by Gasteiger charge is -2.48. The molecule has 0 amide bonds. The van der Waals surface area contributed by atoms with E-state index in [1.165, 1.54) is 28.7 Å². The Labute approximate surface area is 182 Å². The highest BCUT2D eigenvalue weighted by atomic mass is 16.3. The molecule has 2 N–H and O–H groups in total. The smallest absolute Gasteiger partial charge is 0.115 e. The molecule has 2 aliphatic rings. The second kappa shape index (κ2) is 8.01. The van der Waals surface area contributed by atoms with Crippen LogP contribution in [0.25, 0.3) is 0 Å². The number of nitrogens with one attached hydrogen (secondary N) is 1. The van der Waals surface area contributed by atoms with Gasteiger partial charge in [0.25, 0.3) is 0 Å². The minimum atomic E-state index is 0.0534. The van der Waals surface area contributed by atoms with Crippen molar-refractivity contribution in [2.24, 2.45) is 0 Å². The molecule has 3 heteroatoms. The Morgan fingerprint density at radius 2 is 1.87 bits per heavy atom. The number of likely N-dealkylation sites (tertiary alicyclic amines) is 1. The van der Waals surface area contributed by atoms with Gasteiger partial charge in [0.05, 0.1) is 0 Å². The van der Waals surface area contributed by atoms with E-state index in [1.54, 1.807) is 0 Å². The molecular weight excluding hydrogens is 368 g/mol. The summed E-state index contributed by atoms with van der Waals surface area (Å²) in [5.74, 6) is 0.392. The second-order valence-electron chi connectivity index (χ2n) is 10.7. The Morgan fingerprint density at radius 1 is 1.13 bits per heavy atom. The van der Waals surface area contributed by atoms with Crippen molar-refractivity contribution in [3.8, 4) is 5.75 Å². The van der Waals surface area contributed by atoms with E-state index in [9.17, 15) is 5.11 Å². The van der Waals surface area contributed by atoms with Gasteiger partial charge in [-0.2, -0.15) is 0 Å². The summed E-state index contributed by atoms with van der Waals surface area (Å²) in [6.07, 6.45) is 4.45. The van der Waals surface area contributed by atoms with Crippen LogP contribution in [0.15, 0.2) is 42.5 Å². The number of hydrogen-bond acceptors (Lipinski definition) is 3. The van der Waals surface area contributed by atoms with Gasteiger partial charge in [-0.05, 0) is 85.6 Å². The maximum atomic E-state index is 10.2. The summed E-state index contributed by atoms with van der Waals surface area (Å²) < 4.78 is 0. The number of nitrogens with zero attached hydrogens (tertiary/aromatic N) is 1. The first-order valence-corrected chi connectivity index (χ1v) is 11.5. The standard InChI is InChI=1S/C27H38N2O/c1-26(2,3)21-10-7-19(8-11-21)13-15-28-25-24-17-20-9-12-22(30)18-23(20)27(25,4)14-6-16-29(24)5/h7-12,18,24-25,28,30H,6,13-17H2,1-5H3/t24-,25-,27+/m1/s1. The predicted octanol–water partition coefficient (Wildman–Crippen LogP) is 4.80. The third-order valence-electron chi connectivity index (χ3n) is 7.58. The highest BCUT2D eigenvalue weighted by Crippen LogP contribution is 2.45. The van der Waals surface area contributed by atoms with Crippen LogP contribution in [-0.2, 0) is 23.7 Å².